The molecule has 0 radical (unpaired) electrons. The van der Waals surface area contributed by atoms with Gasteiger partial charge in [-0.1, -0.05) is 6.58 Å². The van der Waals surface area contributed by atoms with Gasteiger partial charge in [0.25, 0.3) is 6.43 Å². The number of alkyl halides is 2. The van der Waals surface area contributed by atoms with Crippen molar-refractivity contribution in [3.05, 3.63) is 79.5 Å². The van der Waals surface area contributed by atoms with Crippen LogP contribution in [-0.4, -0.2) is 65.5 Å². The molecule has 1 fully saturated rings. The molecule has 0 aliphatic carbocycles. The summed E-state index contributed by atoms with van der Waals surface area (Å²) in [6, 6.07) is 11.4. The predicted molar refractivity (Wildman–Crippen MR) is 153 cm³/mol. The Labute approximate surface area is 239 Å². The fraction of sp³-hybridized carbons (Fsp3) is 0.241. The minimum Gasteiger partial charge on any atom is -0.457 e. The molecule has 42 heavy (non-hydrogen) atoms. The van der Waals surface area contributed by atoms with Gasteiger partial charge in [-0.3, -0.25) is 4.79 Å². The normalized spacial score (nSPS) is 14.9. The Morgan fingerprint density at radius 3 is 2.74 bits per heavy atom. The lowest BCUT2D eigenvalue weighted by Gasteiger charge is -2.47. The van der Waals surface area contributed by atoms with Gasteiger partial charge in [-0.15, -0.1) is 0 Å². The highest BCUT2D eigenvalue weighted by Gasteiger charge is 2.36. The number of fused-ring (bicyclic) bond motifs is 2. The summed E-state index contributed by atoms with van der Waals surface area (Å²) in [7, 11) is 0. The van der Waals surface area contributed by atoms with Gasteiger partial charge in [-0.05, 0) is 56.3 Å². The molecule has 0 spiro atoms. The van der Waals surface area contributed by atoms with Crippen molar-refractivity contribution in [1.82, 2.24) is 34.4 Å². The number of amides is 1. The average molecular weight is 572 g/mol. The van der Waals surface area contributed by atoms with E-state index in [9.17, 15) is 13.6 Å². The molecule has 214 valence electrons. The largest absolute Gasteiger partial charge is 0.457 e. The minimum atomic E-state index is -2.79. The maximum Gasteiger partial charge on any atom is 0.267 e. The van der Waals surface area contributed by atoms with Crippen molar-refractivity contribution in [3.63, 3.8) is 0 Å². The second-order valence-corrected chi connectivity index (χ2v) is 10.4. The molecular weight excluding hydrogens is 544 g/mol. The highest BCUT2D eigenvalue weighted by Crippen LogP contribution is 2.36. The number of hydrogen-bond donors (Lipinski definition) is 1. The van der Waals surface area contributed by atoms with Crippen LogP contribution in [0.15, 0.2) is 74.0 Å². The standard InChI is InChI=1S/C29H27F2N9O2/c1-4-25(41)39-12-11-38(15-29(39,2)3)23-8-6-21-26(37-23)28(34-16-32-21)36-18-5-7-22(20(13-18)27(30)31)42-19-9-10-40-24(14-19)33-17-35-40/h4-10,13-14,16-17,27H,1,11-12,15H2,2-3H3,(H,32,34,36). The quantitative estimate of drug-likeness (QED) is 0.265. The first-order valence-electron chi connectivity index (χ1n) is 13.2. The van der Waals surface area contributed by atoms with Crippen LogP contribution in [0.4, 0.5) is 26.1 Å². The number of halogens is 2. The lowest BCUT2D eigenvalue weighted by Crippen LogP contribution is -2.61. The predicted octanol–water partition coefficient (Wildman–Crippen LogP) is 5.15. The van der Waals surface area contributed by atoms with Crippen LogP contribution < -0.4 is 15.0 Å². The maximum absolute atomic E-state index is 14.1. The van der Waals surface area contributed by atoms with Crippen molar-refractivity contribution < 1.29 is 18.3 Å². The zero-order valence-electron chi connectivity index (χ0n) is 22.9. The van der Waals surface area contributed by atoms with E-state index < -0.39 is 12.0 Å². The molecule has 0 bridgehead atoms. The van der Waals surface area contributed by atoms with E-state index in [2.05, 4.69) is 36.8 Å². The first-order chi connectivity index (χ1) is 20.2. The summed E-state index contributed by atoms with van der Waals surface area (Å²) < 4.78 is 35.6. The van der Waals surface area contributed by atoms with Gasteiger partial charge >= 0.3 is 0 Å². The lowest BCUT2D eigenvalue weighted by atomic mass is 9.98. The molecule has 0 unspecified atom stereocenters. The van der Waals surface area contributed by atoms with E-state index in [1.807, 2.05) is 26.0 Å². The van der Waals surface area contributed by atoms with Crippen LogP contribution >= 0.6 is 0 Å². The smallest absolute Gasteiger partial charge is 0.267 e. The molecule has 6 rings (SSSR count). The van der Waals surface area contributed by atoms with E-state index in [-0.39, 0.29) is 17.2 Å². The summed E-state index contributed by atoms with van der Waals surface area (Å²) in [5.41, 5.74) is 1.26. The van der Waals surface area contributed by atoms with E-state index in [4.69, 9.17) is 9.72 Å². The van der Waals surface area contributed by atoms with Crippen molar-refractivity contribution in [3.8, 4) is 11.5 Å². The number of benzene rings is 1. The van der Waals surface area contributed by atoms with Crippen LogP contribution in [0.5, 0.6) is 11.5 Å². The Hall–Kier alpha value is -5.20. The molecule has 1 aromatic carbocycles. The van der Waals surface area contributed by atoms with Crippen LogP contribution in [0.25, 0.3) is 16.7 Å². The van der Waals surface area contributed by atoms with Gasteiger partial charge in [0.1, 0.15) is 35.5 Å². The molecule has 4 aromatic heterocycles. The highest BCUT2D eigenvalue weighted by atomic mass is 19.3. The van der Waals surface area contributed by atoms with Gasteiger partial charge in [-0.25, -0.2) is 33.2 Å². The van der Waals surface area contributed by atoms with Gasteiger partial charge in [0.2, 0.25) is 5.91 Å². The Bertz CT molecular complexity index is 1810. The van der Waals surface area contributed by atoms with Crippen LogP contribution in [0.2, 0.25) is 0 Å². The molecule has 11 nitrogen and oxygen atoms in total. The number of aromatic nitrogens is 6. The van der Waals surface area contributed by atoms with Crippen molar-refractivity contribution in [1.29, 1.82) is 0 Å². The summed E-state index contributed by atoms with van der Waals surface area (Å²) in [6.07, 6.45) is 2.96. The Balaban J connectivity index is 1.27. The van der Waals surface area contributed by atoms with Crippen LogP contribution in [0.1, 0.15) is 25.8 Å². The Kier molecular flexibility index (Phi) is 6.85. The number of carbonyl (C=O) groups is 1. The zero-order valence-corrected chi connectivity index (χ0v) is 22.9. The number of piperazine rings is 1. The van der Waals surface area contributed by atoms with Gasteiger partial charge in [0, 0.05) is 37.6 Å². The SMILES string of the molecule is C=CC(=O)N1CCN(c2ccc3ncnc(Nc4ccc(Oc5ccn6ncnc6c5)c(C(F)F)c4)c3n2)CC1(C)C. The summed E-state index contributed by atoms with van der Waals surface area (Å²) in [5, 5.41) is 7.15. The first-order valence-corrected chi connectivity index (χ1v) is 13.2. The third-order valence-electron chi connectivity index (χ3n) is 7.12. The van der Waals surface area contributed by atoms with E-state index in [0.29, 0.717) is 59.4 Å². The number of ether oxygens (including phenoxy) is 1. The van der Waals surface area contributed by atoms with Gasteiger partial charge < -0.3 is 19.9 Å². The van der Waals surface area contributed by atoms with Crippen molar-refractivity contribution >= 4 is 39.9 Å². The number of rotatable bonds is 7. The van der Waals surface area contributed by atoms with E-state index >= 15 is 0 Å². The maximum atomic E-state index is 14.1. The molecule has 5 heterocycles. The van der Waals surface area contributed by atoms with Crippen LogP contribution in [0.3, 0.4) is 0 Å². The van der Waals surface area contributed by atoms with E-state index in [0.717, 1.165) is 0 Å². The third-order valence-corrected chi connectivity index (χ3v) is 7.12. The molecule has 1 amide bonds. The molecule has 13 heteroatoms. The third kappa shape index (κ3) is 5.16. The van der Waals surface area contributed by atoms with Gasteiger partial charge in [-0.2, -0.15) is 5.10 Å². The molecule has 1 aliphatic rings. The summed E-state index contributed by atoms with van der Waals surface area (Å²) in [4.78, 5) is 33.8. The summed E-state index contributed by atoms with van der Waals surface area (Å²) in [5.74, 6) is 1.33. The summed E-state index contributed by atoms with van der Waals surface area (Å²) >= 11 is 0. The van der Waals surface area contributed by atoms with Crippen LogP contribution in [-0.2, 0) is 4.79 Å². The number of nitrogens with one attached hydrogen (secondary N) is 1. The van der Waals surface area contributed by atoms with Crippen LogP contribution in [0, 0.1) is 0 Å². The number of nitrogens with zero attached hydrogens (tertiary/aromatic N) is 8. The molecule has 1 N–H and O–H groups in total. The molecular formula is C29H27F2N9O2. The van der Waals surface area contributed by atoms with E-state index in [1.165, 1.54) is 30.9 Å². The van der Waals surface area contributed by atoms with Crippen molar-refractivity contribution in [2.75, 3.05) is 29.9 Å². The van der Waals surface area contributed by atoms with E-state index in [1.54, 1.807) is 33.8 Å². The molecule has 1 saturated heterocycles. The van der Waals surface area contributed by atoms with Gasteiger partial charge in [0.15, 0.2) is 11.5 Å². The second kappa shape index (κ2) is 10.7. The Morgan fingerprint density at radius 1 is 1.10 bits per heavy atom. The number of hydrogen-bond acceptors (Lipinski definition) is 9. The fourth-order valence-corrected chi connectivity index (χ4v) is 5.08. The van der Waals surface area contributed by atoms with Gasteiger partial charge in [0.05, 0.1) is 16.6 Å². The minimum absolute atomic E-state index is 0.0177. The number of carbonyl (C=O) groups excluding carboxylic acids is 1. The lowest BCUT2D eigenvalue weighted by molar-refractivity contribution is -0.131. The number of pyridine rings is 2. The molecule has 1 aliphatic heterocycles. The topological polar surface area (TPSA) is 114 Å². The molecule has 0 atom stereocenters. The van der Waals surface area contributed by atoms with Crippen molar-refractivity contribution in [2.24, 2.45) is 0 Å². The fourth-order valence-electron chi connectivity index (χ4n) is 5.08. The molecule has 5 aromatic rings. The first kappa shape index (κ1) is 27.0. The average Bonchev–Trinajstić information content (AvgIpc) is 3.45. The summed E-state index contributed by atoms with van der Waals surface area (Å²) in [6.45, 7) is 9.27. The second-order valence-electron chi connectivity index (χ2n) is 10.4. The zero-order chi connectivity index (χ0) is 29.4. The molecule has 0 saturated carbocycles. The van der Waals surface area contributed by atoms with Crippen molar-refractivity contribution in [2.45, 2.75) is 25.8 Å². The highest BCUT2D eigenvalue weighted by molar-refractivity contribution is 5.89. The Morgan fingerprint density at radius 2 is 1.95 bits per heavy atom. The number of anilines is 3. The monoisotopic (exact) mass is 571 g/mol.